The number of allylic oxidation sites excluding steroid dienone is 2. The molecule has 3 heteroatoms. The minimum atomic E-state index is 0.0824. The van der Waals surface area contributed by atoms with Crippen LogP contribution in [0.3, 0.4) is 0 Å². The molecular weight excluding hydrogens is 212 g/mol. The van der Waals surface area contributed by atoms with E-state index >= 15 is 0 Å². The van der Waals surface area contributed by atoms with E-state index in [-0.39, 0.29) is 6.10 Å². The van der Waals surface area contributed by atoms with Gasteiger partial charge >= 0.3 is 0 Å². The highest BCUT2D eigenvalue weighted by atomic mass is 16.5. The van der Waals surface area contributed by atoms with Crippen LogP contribution >= 0.6 is 0 Å². The summed E-state index contributed by atoms with van der Waals surface area (Å²) in [5, 5.41) is 4.40. The van der Waals surface area contributed by atoms with Gasteiger partial charge in [-0.25, -0.2) is 0 Å². The lowest BCUT2D eigenvalue weighted by molar-refractivity contribution is 0.0429. The fourth-order valence-electron chi connectivity index (χ4n) is 1.64. The topological polar surface area (TPSA) is 27.1 Å². The van der Waals surface area contributed by atoms with Crippen LogP contribution in [0.2, 0.25) is 0 Å². The lowest BCUT2D eigenvalue weighted by atomic mass is 10.1. The minimum Gasteiger partial charge on any atom is -0.372 e. The van der Waals surface area contributed by atoms with Crippen molar-refractivity contribution in [2.45, 2.75) is 31.8 Å². The summed E-state index contributed by atoms with van der Waals surface area (Å²) in [5.74, 6) is 0. The second-order valence-electron chi connectivity index (χ2n) is 4.07. The molecule has 0 saturated carbocycles. The van der Waals surface area contributed by atoms with E-state index in [1.54, 1.807) is 0 Å². The molecule has 0 aliphatic rings. The number of hydrogen-bond acceptors (Lipinski definition) is 2. The van der Waals surface area contributed by atoms with Gasteiger partial charge in [-0.2, -0.15) is 5.10 Å². The highest BCUT2D eigenvalue weighted by Gasteiger charge is 2.13. The van der Waals surface area contributed by atoms with Gasteiger partial charge in [0.2, 0.25) is 0 Å². The van der Waals surface area contributed by atoms with Crippen LogP contribution in [0.15, 0.2) is 37.6 Å². The van der Waals surface area contributed by atoms with Crippen molar-refractivity contribution in [1.82, 2.24) is 9.78 Å². The Labute approximate surface area is 104 Å². The van der Waals surface area contributed by atoms with Crippen molar-refractivity contribution in [3.63, 3.8) is 0 Å². The molecule has 0 aliphatic carbocycles. The second-order valence-corrected chi connectivity index (χ2v) is 4.07. The summed E-state index contributed by atoms with van der Waals surface area (Å²) in [5.41, 5.74) is 1.01. The molecule has 1 aromatic heterocycles. The van der Waals surface area contributed by atoms with E-state index in [2.05, 4.69) is 18.3 Å². The van der Waals surface area contributed by atoms with Crippen LogP contribution < -0.4 is 0 Å². The molecule has 0 saturated heterocycles. The fourth-order valence-corrected chi connectivity index (χ4v) is 1.64. The van der Waals surface area contributed by atoms with Gasteiger partial charge in [-0.1, -0.05) is 12.2 Å². The maximum atomic E-state index is 5.87. The molecule has 1 atom stereocenters. The Hall–Kier alpha value is -1.35. The largest absolute Gasteiger partial charge is 0.372 e. The first-order valence-corrected chi connectivity index (χ1v) is 6.11. The summed E-state index contributed by atoms with van der Waals surface area (Å²) >= 11 is 0. The predicted octanol–water partition coefficient (Wildman–Crippen LogP) is 3.41. The zero-order valence-electron chi connectivity index (χ0n) is 10.6. The first kappa shape index (κ1) is 13.7. The Balaban J connectivity index is 2.47. The molecule has 94 valence electrons. The van der Waals surface area contributed by atoms with Gasteiger partial charge in [0.15, 0.2) is 0 Å². The standard InChI is InChI=1S/C14H22N2O/c1-4-6-8-12-17-14(9-7-5-2)13-10-11-16(3)15-13/h4-5,10-11,14H,1-2,6-9,12H2,3H3. The molecule has 0 N–H and O–H groups in total. The SMILES string of the molecule is C=CCCCOC(CCC=C)c1ccn(C)n1. The van der Waals surface area contributed by atoms with Crippen molar-refractivity contribution in [3.8, 4) is 0 Å². The van der Waals surface area contributed by atoms with E-state index < -0.39 is 0 Å². The fraction of sp³-hybridized carbons (Fsp3) is 0.500. The highest BCUT2D eigenvalue weighted by molar-refractivity contribution is 5.03. The summed E-state index contributed by atoms with van der Waals surface area (Å²) in [6.45, 7) is 8.21. The van der Waals surface area contributed by atoms with Crippen molar-refractivity contribution in [3.05, 3.63) is 43.3 Å². The van der Waals surface area contributed by atoms with Gasteiger partial charge in [-0.3, -0.25) is 4.68 Å². The number of aryl methyl sites for hydroxylation is 1. The van der Waals surface area contributed by atoms with E-state index in [1.807, 2.05) is 36.1 Å². The van der Waals surface area contributed by atoms with Crippen molar-refractivity contribution < 1.29 is 4.74 Å². The maximum absolute atomic E-state index is 5.87. The van der Waals surface area contributed by atoms with Gasteiger partial charge in [0.05, 0.1) is 5.69 Å². The molecule has 0 spiro atoms. The summed E-state index contributed by atoms with van der Waals surface area (Å²) in [6, 6.07) is 2.02. The Morgan fingerprint density at radius 2 is 2.18 bits per heavy atom. The molecule has 1 rings (SSSR count). The third kappa shape index (κ3) is 5.00. The lowest BCUT2D eigenvalue weighted by Crippen LogP contribution is -2.07. The van der Waals surface area contributed by atoms with Crippen LogP contribution in [0.5, 0.6) is 0 Å². The van der Waals surface area contributed by atoms with Crippen LogP contribution in [0, 0.1) is 0 Å². The van der Waals surface area contributed by atoms with E-state index in [1.165, 1.54) is 0 Å². The maximum Gasteiger partial charge on any atom is 0.102 e. The summed E-state index contributed by atoms with van der Waals surface area (Å²) < 4.78 is 7.68. The Morgan fingerprint density at radius 3 is 2.76 bits per heavy atom. The molecule has 3 nitrogen and oxygen atoms in total. The summed E-state index contributed by atoms with van der Waals surface area (Å²) in [7, 11) is 1.92. The van der Waals surface area contributed by atoms with Crippen molar-refractivity contribution >= 4 is 0 Å². The number of rotatable bonds is 9. The Morgan fingerprint density at radius 1 is 1.41 bits per heavy atom. The number of aromatic nitrogens is 2. The molecule has 17 heavy (non-hydrogen) atoms. The van der Waals surface area contributed by atoms with Gasteiger partial charge in [0.25, 0.3) is 0 Å². The average molecular weight is 234 g/mol. The van der Waals surface area contributed by atoms with E-state index in [0.29, 0.717) is 0 Å². The van der Waals surface area contributed by atoms with Crippen LogP contribution in [0.4, 0.5) is 0 Å². The molecule has 0 bridgehead atoms. The highest BCUT2D eigenvalue weighted by Crippen LogP contribution is 2.21. The molecule has 1 heterocycles. The van der Waals surface area contributed by atoms with Crippen molar-refractivity contribution in [2.75, 3.05) is 6.61 Å². The minimum absolute atomic E-state index is 0.0824. The quantitative estimate of drug-likeness (QED) is 0.483. The first-order valence-electron chi connectivity index (χ1n) is 6.11. The Kier molecular flexibility index (Phi) is 6.33. The molecule has 1 aromatic rings. The molecular formula is C14H22N2O. The van der Waals surface area contributed by atoms with Crippen LogP contribution in [-0.2, 0) is 11.8 Å². The van der Waals surface area contributed by atoms with Gasteiger partial charge in [-0.05, 0) is 31.7 Å². The molecule has 0 radical (unpaired) electrons. The lowest BCUT2D eigenvalue weighted by Gasteiger charge is -2.14. The molecule has 1 unspecified atom stereocenters. The number of hydrogen-bond donors (Lipinski definition) is 0. The van der Waals surface area contributed by atoms with Crippen LogP contribution in [0.1, 0.15) is 37.5 Å². The average Bonchev–Trinajstić information content (AvgIpc) is 2.75. The number of ether oxygens (including phenoxy) is 1. The Bertz CT molecular complexity index is 344. The second kappa shape index (κ2) is 7.85. The summed E-state index contributed by atoms with van der Waals surface area (Å²) in [4.78, 5) is 0. The van der Waals surface area contributed by atoms with Crippen LogP contribution in [0.25, 0.3) is 0 Å². The van der Waals surface area contributed by atoms with Gasteiger partial charge in [0, 0.05) is 19.9 Å². The molecule has 0 aliphatic heterocycles. The van der Waals surface area contributed by atoms with Crippen molar-refractivity contribution in [2.24, 2.45) is 7.05 Å². The van der Waals surface area contributed by atoms with Gasteiger partial charge in [0.1, 0.15) is 6.10 Å². The summed E-state index contributed by atoms with van der Waals surface area (Å²) in [6.07, 6.45) is 9.77. The number of nitrogens with zero attached hydrogens (tertiary/aromatic N) is 2. The third-order valence-electron chi connectivity index (χ3n) is 2.57. The van der Waals surface area contributed by atoms with Crippen LogP contribution in [-0.4, -0.2) is 16.4 Å². The predicted molar refractivity (Wildman–Crippen MR) is 70.8 cm³/mol. The van der Waals surface area contributed by atoms with Gasteiger partial charge in [-0.15, -0.1) is 13.2 Å². The monoisotopic (exact) mass is 234 g/mol. The smallest absolute Gasteiger partial charge is 0.102 e. The van der Waals surface area contributed by atoms with Gasteiger partial charge < -0.3 is 4.74 Å². The third-order valence-corrected chi connectivity index (χ3v) is 2.57. The first-order chi connectivity index (χ1) is 8.27. The van der Waals surface area contributed by atoms with E-state index in [4.69, 9.17) is 4.74 Å². The van der Waals surface area contributed by atoms with E-state index in [0.717, 1.165) is 38.0 Å². The molecule has 0 fully saturated rings. The number of unbranched alkanes of at least 4 members (excludes halogenated alkanes) is 1. The normalized spacial score (nSPS) is 12.3. The molecule has 0 amide bonds. The van der Waals surface area contributed by atoms with E-state index in [9.17, 15) is 0 Å². The zero-order chi connectivity index (χ0) is 12.5. The molecule has 0 aromatic carbocycles. The zero-order valence-corrected chi connectivity index (χ0v) is 10.6. The van der Waals surface area contributed by atoms with Crippen molar-refractivity contribution in [1.29, 1.82) is 0 Å².